The van der Waals surface area contributed by atoms with E-state index < -0.39 is 5.54 Å². The smallest absolute Gasteiger partial charge is 0.310 e. The second-order valence-corrected chi connectivity index (χ2v) is 7.86. The fourth-order valence-electron chi connectivity index (χ4n) is 5.15. The lowest BCUT2D eigenvalue weighted by molar-refractivity contribution is -0.146. The number of tetrazole rings is 1. The van der Waals surface area contributed by atoms with Crippen LogP contribution in [0.2, 0.25) is 0 Å². The van der Waals surface area contributed by atoms with Crippen molar-refractivity contribution in [1.29, 1.82) is 5.26 Å². The molecule has 3 atom stereocenters. The van der Waals surface area contributed by atoms with Gasteiger partial charge in [-0.3, -0.25) is 14.5 Å². The van der Waals surface area contributed by atoms with Gasteiger partial charge in [0.1, 0.15) is 17.2 Å². The Morgan fingerprint density at radius 3 is 3.10 bits per heavy atom. The monoisotopic (exact) mass is 420 g/mol. The minimum absolute atomic E-state index is 0.0101. The van der Waals surface area contributed by atoms with E-state index in [4.69, 9.17) is 4.74 Å². The zero-order valence-corrected chi connectivity index (χ0v) is 16.8. The lowest BCUT2D eigenvalue weighted by Gasteiger charge is -2.32. The second kappa shape index (κ2) is 7.17. The summed E-state index contributed by atoms with van der Waals surface area (Å²) in [5.74, 6) is -0.547. The molecule has 11 nitrogen and oxygen atoms in total. The van der Waals surface area contributed by atoms with E-state index in [-0.39, 0.29) is 35.2 Å². The highest BCUT2D eigenvalue weighted by Crippen LogP contribution is 2.54. The summed E-state index contributed by atoms with van der Waals surface area (Å²) in [5, 5.41) is 28.8. The molecule has 3 aliphatic heterocycles. The molecule has 31 heavy (non-hydrogen) atoms. The van der Waals surface area contributed by atoms with E-state index >= 15 is 0 Å². The van der Waals surface area contributed by atoms with Crippen molar-refractivity contribution in [2.75, 3.05) is 24.3 Å². The first-order valence-corrected chi connectivity index (χ1v) is 9.99. The molecule has 4 heterocycles. The third-order valence-electron chi connectivity index (χ3n) is 6.45. The van der Waals surface area contributed by atoms with Crippen molar-refractivity contribution in [3.63, 3.8) is 0 Å². The summed E-state index contributed by atoms with van der Waals surface area (Å²) in [6.45, 7) is 0.749. The molecule has 5 rings (SSSR count). The summed E-state index contributed by atoms with van der Waals surface area (Å²) in [4.78, 5) is 27.8. The number of esters is 1. The standard InChI is InChI=1S/C20H20N8O3/c1-31-18(29)13-8-20(28-6-2-3-16(13)28)14-7-12(4-5-15(14)23-19(20)30)22-10-11(9-21)17-24-26-27-25-17/h4-5,7,10,13,16,22H,2-3,6,8H2,1H3,(H,23,30)(H,24,25,26,27). The van der Waals surface area contributed by atoms with Crippen LogP contribution in [0, 0.1) is 17.2 Å². The number of ether oxygens (including phenoxy) is 1. The van der Waals surface area contributed by atoms with Gasteiger partial charge in [-0.05, 0) is 49.2 Å². The van der Waals surface area contributed by atoms with Crippen LogP contribution in [0.1, 0.15) is 30.7 Å². The zero-order valence-electron chi connectivity index (χ0n) is 16.8. The maximum absolute atomic E-state index is 13.2. The molecule has 1 aromatic heterocycles. The lowest BCUT2D eigenvalue weighted by Crippen LogP contribution is -2.47. The molecule has 158 valence electrons. The van der Waals surface area contributed by atoms with Gasteiger partial charge in [0, 0.05) is 29.2 Å². The number of rotatable bonds is 4. The summed E-state index contributed by atoms with van der Waals surface area (Å²) in [7, 11) is 1.39. The largest absolute Gasteiger partial charge is 0.469 e. The van der Waals surface area contributed by atoms with Crippen molar-refractivity contribution >= 4 is 28.8 Å². The summed E-state index contributed by atoms with van der Waals surface area (Å²) in [6.07, 6.45) is 3.67. The number of anilines is 2. The van der Waals surface area contributed by atoms with Gasteiger partial charge in [-0.2, -0.15) is 10.5 Å². The molecule has 3 aliphatic rings. The summed E-state index contributed by atoms with van der Waals surface area (Å²) >= 11 is 0. The van der Waals surface area contributed by atoms with Crippen molar-refractivity contribution in [3.8, 4) is 6.07 Å². The highest BCUT2D eigenvalue weighted by molar-refractivity contribution is 6.07. The molecule has 2 fully saturated rings. The highest BCUT2D eigenvalue weighted by atomic mass is 16.5. The van der Waals surface area contributed by atoms with Crippen LogP contribution in [0.4, 0.5) is 11.4 Å². The van der Waals surface area contributed by atoms with Crippen molar-refractivity contribution in [2.24, 2.45) is 5.92 Å². The molecule has 1 amide bonds. The fraction of sp³-hybridized carbons (Fsp3) is 0.400. The topological polar surface area (TPSA) is 149 Å². The number of carbonyl (C=O) groups excluding carboxylic acids is 2. The summed E-state index contributed by atoms with van der Waals surface area (Å²) in [6, 6.07) is 7.55. The first-order chi connectivity index (χ1) is 15.1. The first-order valence-electron chi connectivity index (χ1n) is 9.99. The highest BCUT2D eigenvalue weighted by Gasteiger charge is 2.63. The number of nitriles is 1. The van der Waals surface area contributed by atoms with Crippen LogP contribution in [-0.2, 0) is 19.9 Å². The lowest BCUT2D eigenvalue weighted by atomic mass is 9.84. The Labute approximate surface area is 177 Å². The summed E-state index contributed by atoms with van der Waals surface area (Å²) < 4.78 is 5.04. The van der Waals surface area contributed by atoms with E-state index in [1.807, 2.05) is 24.3 Å². The van der Waals surface area contributed by atoms with Gasteiger partial charge in [-0.1, -0.05) is 0 Å². The van der Waals surface area contributed by atoms with E-state index in [0.717, 1.165) is 30.6 Å². The SMILES string of the molecule is COC(=O)C1CC2(C(=O)Nc3ccc(NC=C(C#N)c4nn[nH]n4)cc32)N2CCCC12. The van der Waals surface area contributed by atoms with Gasteiger partial charge >= 0.3 is 5.97 Å². The predicted molar refractivity (Wildman–Crippen MR) is 108 cm³/mol. The minimum Gasteiger partial charge on any atom is -0.469 e. The van der Waals surface area contributed by atoms with Gasteiger partial charge in [0.2, 0.25) is 11.7 Å². The predicted octanol–water partition coefficient (Wildman–Crippen LogP) is 0.981. The molecule has 3 N–H and O–H groups in total. The van der Waals surface area contributed by atoms with E-state index in [9.17, 15) is 14.9 Å². The summed E-state index contributed by atoms with van der Waals surface area (Å²) in [5.41, 5.74) is 1.57. The normalized spacial score (nSPS) is 27.0. The van der Waals surface area contributed by atoms with Crippen LogP contribution in [0.3, 0.4) is 0 Å². The van der Waals surface area contributed by atoms with Gasteiger partial charge in [0.05, 0.1) is 13.0 Å². The van der Waals surface area contributed by atoms with E-state index in [1.54, 1.807) is 0 Å². The molecule has 0 bridgehead atoms. The van der Waals surface area contributed by atoms with Crippen LogP contribution < -0.4 is 10.6 Å². The van der Waals surface area contributed by atoms with Crippen molar-refractivity contribution < 1.29 is 14.3 Å². The maximum Gasteiger partial charge on any atom is 0.310 e. The number of nitrogens with zero attached hydrogens (tertiary/aromatic N) is 5. The maximum atomic E-state index is 13.2. The molecule has 0 aliphatic carbocycles. The van der Waals surface area contributed by atoms with Crippen molar-refractivity contribution in [3.05, 3.63) is 35.8 Å². The van der Waals surface area contributed by atoms with Crippen LogP contribution in [0.15, 0.2) is 24.4 Å². The molecule has 11 heteroatoms. The third-order valence-corrected chi connectivity index (χ3v) is 6.45. The molecule has 0 saturated carbocycles. The second-order valence-electron chi connectivity index (χ2n) is 7.86. The van der Waals surface area contributed by atoms with Gasteiger partial charge in [0.25, 0.3) is 0 Å². The zero-order chi connectivity index (χ0) is 21.6. The van der Waals surface area contributed by atoms with Crippen molar-refractivity contribution in [2.45, 2.75) is 30.8 Å². The number of hydrogen-bond acceptors (Lipinski definition) is 9. The number of aromatic nitrogens is 4. The number of benzene rings is 1. The third kappa shape index (κ3) is 2.79. The number of hydrogen-bond donors (Lipinski definition) is 3. The average Bonchev–Trinajstić information content (AvgIpc) is 3.55. The van der Waals surface area contributed by atoms with Crippen LogP contribution in [0.5, 0.6) is 0 Å². The van der Waals surface area contributed by atoms with Crippen LogP contribution in [0.25, 0.3) is 5.57 Å². The Balaban J connectivity index is 1.51. The van der Waals surface area contributed by atoms with Crippen molar-refractivity contribution in [1.82, 2.24) is 25.5 Å². The molecule has 1 spiro atoms. The van der Waals surface area contributed by atoms with E-state index in [0.29, 0.717) is 12.1 Å². The molecular formula is C20H20N8O3. The van der Waals surface area contributed by atoms with E-state index in [1.165, 1.54) is 13.3 Å². The molecule has 2 saturated heterocycles. The number of methoxy groups -OCH3 is 1. The quantitative estimate of drug-likeness (QED) is 0.486. The number of carbonyl (C=O) groups is 2. The number of aromatic amines is 1. The molecule has 3 unspecified atom stereocenters. The van der Waals surface area contributed by atoms with Gasteiger partial charge in [-0.25, -0.2) is 0 Å². The number of amides is 1. The van der Waals surface area contributed by atoms with Crippen LogP contribution >= 0.6 is 0 Å². The van der Waals surface area contributed by atoms with Gasteiger partial charge < -0.3 is 15.4 Å². The Morgan fingerprint density at radius 1 is 1.48 bits per heavy atom. The first kappa shape index (κ1) is 19.2. The number of fused-ring (bicyclic) bond motifs is 4. The Bertz CT molecular complexity index is 1120. The molecule has 2 aromatic rings. The molecule has 1 aromatic carbocycles. The number of nitrogens with one attached hydrogen (secondary N) is 3. The Morgan fingerprint density at radius 2 is 2.35 bits per heavy atom. The number of H-pyrrole nitrogens is 1. The Kier molecular flexibility index (Phi) is 4.44. The molecule has 0 radical (unpaired) electrons. The fourth-order valence-corrected chi connectivity index (χ4v) is 5.15. The Hall–Kier alpha value is -3.78. The van der Waals surface area contributed by atoms with Crippen LogP contribution in [-0.4, -0.2) is 57.1 Å². The average molecular weight is 420 g/mol. The van der Waals surface area contributed by atoms with Gasteiger partial charge in [-0.15, -0.1) is 10.2 Å². The van der Waals surface area contributed by atoms with Gasteiger partial charge in [0.15, 0.2) is 0 Å². The molecular weight excluding hydrogens is 400 g/mol. The minimum atomic E-state index is -0.900. The van der Waals surface area contributed by atoms with E-state index in [2.05, 4.69) is 36.2 Å². The number of allylic oxidation sites excluding steroid dienone is 1.